The Morgan fingerprint density at radius 1 is 1.47 bits per heavy atom. The maximum Gasteiger partial charge on any atom is 0.266 e. The molecule has 0 spiro atoms. The van der Waals surface area contributed by atoms with Gasteiger partial charge in [-0.05, 0) is 26.0 Å². The van der Waals surface area contributed by atoms with Crippen LogP contribution in [0.5, 0.6) is 5.75 Å². The van der Waals surface area contributed by atoms with Crippen molar-refractivity contribution < 1.29 is 9.53 Å². The number of ether oxygens (including phenoxy) is 1. The molecule has 0 radical (unpaired) electrons. The molecule has 6 heteroatoms. The molecule has 0 aliphatic rings. The highest BCUT2D eigenvalue weighted by Crippen LogP contribution is 2.24. The molecule has 2 aromatic rings. The Kier molecular flexibility index (Phi) is 4.39. The lowest BCUT2D eigenvalue weighted by Crippen LogP contribution is -2.30. The first kappa shape index (κ1) is 13.8. The summed E-state index contributed by atoms with van der Waals surface area (Å²) >= 11 is 7.35. The van der Waals surface area contributed by atoms with E-state index in [4.69, 9.17) is 16.3 Å². The van der Waals surface area contributed by atoms with Gasteiger partial charge in [0.25, 0.3) is 5.91 Å². The first-order valence-corrected chi connectivity index (χ1v) is 6.96. The van der Waals surface area contributed by atoms with Crippen LogP contribution < -0.4 is 10.1 Å². The van der Waals surface area contributed by atoms with Gasteiger partial charge in [0, 0.05) is 5.38 Å². The third-order valence-corrected chi connectivity index (χ3v) is 3.55. The number of thiazole rings is 1. The number of nitrogens with one attached hydrogen (secondary N) is 1. The Hall–Kier alpha value is -1.59. The summed E-state index contributed by atoms with van der Waals surface area (Å²) in [6.07, 6.45) is -0.649. The quantitative estimate of drug-likeness (QED) is 0.939. The maximum absolute atomic E-state index is 11.9. The van der Waals surface area contributed by atoms with Crippen LogP contribution in [0.15, 0.2) is 29.6 Å². The second-order valence-electron chi connectivity index (χ2n) is 3.97. The number of anilines is 1. The van der Waals surface area contributed by atoms with Gasteiger partial charge in [0.15, 0.2) is 11.2 Å². The second-order valence-corrected chi connectivity index (χ2v) is 5.24. The van der Waals surface area contributed by atoms with Gasteiger partial charge in [0.05, 0.1) is 10.7 Å². The molecule has 1 aromatic carbocycles. The molecule has 1 unspecified atom stereocenters. The zero-order valence-electron chi connectivity index (χ0n) is 10.5. The highest BCUT2D eigenvalue weighted by atomic mass is 35.5. The maximum atomic E-state index is 11.9. The molecule has 1 heterocycles. The summed E-state index contributed by atoms with van der Waals surface area (Å²) in [5, 5.41) is 5.62. The van der Waals surface area contributed by atoms with E-state index < -0.39 is 6.10 Å². The van der Waals surface area contributed by atoms with Crippen LogP contribution in [0.25, 0.3) is 0 Å². The zero-order valence-corrected chi connectivity index (χ0v) is 12.1. The molecule has 1 N–H and O–H groups in total. The van der Waals surface area contributed by atoms with Gasteiger partial charge in [-0.1, -0.05) is 23.7 Å². The monoisotopic (exact) mass is 296 g/mol. The third kappa shape index (κ3) is 3.68. The Bertz CT molecular complexity index is 586. The largest absolute Gasteiger partial charge is 0.479 e. The Morgan fingerprint density at radius 2 is 2.21 bits per heavy atom. The number of aryl methyl sites for hydroxylation is 1. The number of hydrogen-bond donors (Lipinski definition) is 1. The van der Waals surface area contributed by atoms with Gasteiger partial charge < -0.3 is 4.74 Å². The highest BCUT2D eigenvalue weighted by Gasteiger charge is 2.17. The number of carbonyl (C=O) groups is 1. The Morgan fingerprint density at radius 3 is 2.84 bits per heavy atom. The molecule has 0 saturated carbocycles. The predicted molar refractivity (Wildman–Crippen MR) is 77.0 cm³/mol. The van der Waals surface area contributed by atoms with Gasteiger partial charge in [-0.25, -0.2) is 4.98 Å². The van der Waals surface area contributed by atoms with Gasteiger partial charge in [0.2, 0.25) is 0 Å². The van der Waals surface area contributed by atoms with E-state index in [9.17, 15) is 4.79 Å². The molecule has 4 nitrogen and oxygen atoms in total. The molecular weight excluding hydrogens is 284 g/mol. The van der Waals surface area contributed by atoms with Crippen molar-refractivity contribution in [1.82, 2.24) is 4.98 Å². The predicted octanol–water partition coefficient (Wildman–Crippen LogP) is 3.51. The first-order chi connectivity index (χ1) is 9.06. The van der Waals surface area contributed by atoms with Crippen molar-refractivity contribution in [2.24, 2.45) is 0 Å². The van der Waals surface area contributed by atoms with Gasteiger partial charge in [0.1, 0.15) is 5.75 Å². The van der Waals surface area contributed by atoms with Crippen LogP contribution in [0.3, 0.4) is 0 Å². The summed E-state index contributed by atoms with van der Waals surface area (Å²) in [6, 6.07) is 7.04. The zero-order chi connectivity index (χ0) is 13.8. The molecule has 0 fully saturated rings. The van der Waals surface area contributed by atoms with Crippen LogP contribution >= 0.6 is 22.9 Å². The molecule has 0 saturated heterocycles. The van der Waals surface area contributed by atoms with Crippen LogP contribution in [0.4, 0.5) is 5.13 Å². The minimum absolute atomic E-state index is 0.255. The Labute approximate surface area is 120 Å². The second kappa shape index (κ2) is 6.04. The van der Waals surface area contributed by atoms with E-state index in [1.54, 1.807) is 31.2 Å². The van der Waals surface area contributed by atoms with Crippen LogP contribution in [0.2, 0.25) is 5.02 Å². The van der Waals surface area contributed by atoms with E-state index in [-0.39, 0.29) is 5.91 Å². The number of hydrogen-bond acceptors (Lipinski definition) is 4. The summed E-state index contributed by atoms with van der Waals surface area (Å²) < 4.78 is 5.52. The number of benzene rings is 1. The van der Waals surface area contributed by atoms with Crippen LogP contribution in [0.1, 0.15) is 12.6 Å². The highest BCUT2D eigenvalue weighted by molar-refractivity contribution is 7.13. The van der Waals surface area contributed by atoms with Crippen molar-refractivity contribution in [3.8, 4) is 5.75 Å². The van der Waals surface area contributed by atoms with Crippen molar-refractivity contribution in [3.05, 3.63) is 40.4 Å². The molecule has 0 bridgehead atoms. The number of rotatable bonds is 4. The number of aromatic nitrogens is 1. The average Bonchev–Trinajstić information content (AvgIpc) is 2.77. The van der Waals surface area contributed by atoms with E-state index in [1.807, 2.05) is 12.3 Å². The first-order valence-electron chi connectivity index (χ1n) is 5.70. The van der Waals surface area contributed by atoms with Crippen molar-refractivity contribution in [1.29, 1.82) is 0 Å². The van der Waals surface area contributed by atoms with E-state index in [1.165, 1.54) is 11.3 Å². The normalized spacial score (nSPS) is 11.9. The fraction of sp³-hybridized carbons (Fsp3) is 0.231. The van der Waals surface area contributed by atoms with Crippen LogP contribution in [-0.2, 0) is 4.79 Å². The minimum Gasteiger partial charge on any atom is -0.479 e. The standard InChI is InChI=1S/C13H13ClN2O2S/c1-8-7-19-13(15-8)16-12(17)9(2)18-11-6-4-3-5-10(11)14/h3-7,9H,1-2H3,(H,15,16,17). The fourth-order valence-electron chi connectivity index (χ4n) is 1.40. The molecular formula is C13H13ClN2O2S. The van der Waals surface area contributed by atoms with Crippen molar-refractivity contribution in [3.63, 3.8) is 0 Å². The SMILES string of the molecule is Cc1csc(NC(=O)C(C)Oc2ccccc2Cl)n1. The Balaban J connectivity index is 1.98. The molecule has 0 aliphatic heterocycles. The van der Waals surface area contributed by atoms with Crippen molar-refractivity contribution in [2.45, 2.75) is 20.0 Å². The van der Waals surface area contributed by atoms with Gasteiger partial charge in [-0.3, -0.25) is 10.1 Å². The van der Waals surface area contributed by atoms with Gasteiger partial charge >= 0.3 is 0 Å². The number of halogens is 1. The molecule has 2 rings (SSSR count). The summed E-state index contributed by atoms with van der Waals surface area (Å²) in [5.41, 5.74) is 0.875. The fourth-order valence-corrected chi connectivity index (χ4v) is 2.27. The smallest absolute Gasteiger partial charge is 0.266 e. The summed E-state index contributed by atoms with van der Waals surface area (Å²) in [7, 11) is 0. The average molecular weight is 297 g/mol. The van der Waals surface area contributed by atoms with Crippen LogP contribution in [0, 0.1) is 6.92 Å². The lowest BCUT2D eigenvalue weighted by Gasteiger charge is -2.14. The molecule has 1 amide bonds. The minimum atomic E-state index is -0.649. The van der Waals surface area contributed by atoms with Crippen molar-refractivity contribution >= 4 is 34.0 Å². The summed E-state index contributed by atoms with van der Waals surface area (Å²) in [5.74, 6) is 0.233. The molecule has 1 aromatic heterocycles. The molecule has 0 aliphatic carbocycles. The summed E-state index contributed by atoms with van der Waals surface area (Å²) in [4.78, 5) is 16.1. The number of carbonyl (C=O) groups excluding carboxylic acids is 1. The van der Waals surface area contributed by atoms with Crippen LogP contribution in [-0.4, -0.2) is 17.0 Å². The molecule has 1 atom stereocenters. The van der Waals surface area contributed by atoms with E-state index >= 15 is 0 Å². The number of para-hydroxylation sites is 1. The molecule has 19 heavy (non-hydrogen) atoms. The third-order valence-electron chi connectivity index (χ3n) is 2.36. The lowest BCUT2D eigenvalue weighted by molar-refractivity contribution is -0.122. The van der Waals surface area contributed by atoms with E-state index in [2.05, 4.69) is 10.3 Å². The number of nitrogens with zero attached hydrogens (tertiary/aromatic N) is 1. The van der Waals surface area contributed by atoms with E-state index in [0.717, 1.165) is 5.69 Å². The lowest BCUT2D eigenvalue weighted by atomic mass is 10.3. The van der Waals surface area contributed by atoms with Gasteiger partial charge in [-0.2, -0.15) is 0 Å². The van der Waals surface area contributed by atoms with Crippen molar-refractivity contribution in [2.75, 3.05) is 5.32 Å². The number of amides is 1. The molecule has 100 valence electrons. The van der Waals surface area contributed by atoms with Gasteiger partial charge in [-0.15, -0.1) is 11.3 Å². The topological polar surface area (TPSA) is 51.2 Å². The van der Waals surface area contributed by atoms with E-state index in [0.29, 0.717) is 15.9 Å². The summed E-state index contributed by atoms with van der Waals surface area (Å²) in [6.45, 7) is 3.54.